The number of ketones is 1. The van der Waals surface area contributed by atoms with Crippen LogP contribution in [0, 0.1) is 0 Å². The minimum atomic E-state index is -0.606. The third-order valence-corrected chi connectivity index (χ3v) is 3.21. The molecule has 0 spiro atoms. The second-order valence-electron chi connectivity index (χ2n) is 4.99. The van der Waals surface area contributed by atoms with E-state index in [1.165, 1.54) is 14.0 Å². The van der Waals surface area contributed by atoms with Crippen molar-refractivity contribution in [1.29, 1.82) is 0 Å². The molecule has 0 aliphatic rings. The Balaban J connectivity index is 1.89. The minimum Gasteiger partial charge on any atom is -0.497 e. The summed E-state index contributed by atoms with van der Waals surface area (Å²) in [7, 11) is 1.53. The van der Waals surface area contributed by atoms with Gasteiger partial charge < -0.3 is 14.8 Å². The molecule has 2 aromatic rings. The van der Waals surface area contributed by atoms with Crippen molar-refractivity contribution >= 4 is 23.3 Å². The van der Waals surface area contributed by atoms with Gasteiger partial charge in [-0.3, -0.25) is 9.59 Å². The highest BCUT2D eigenvalue weighted by molar-refractivity contribution is 5.98. The SMILES string of the molecule is COc1ccc(C(=O)OCC(=O)Nc2cccc(C(C)=O)c2)cc1. The Morgan fingerprint density at radius 2 is 1.71 bits per heavy atom. The molecule has 0 atom stereocenters. The van der Waals surface area contributed by atoms with Gasteiger partial charge in [0.05, 0.1) is 12.7 Å². The number of anilines is 1. The molecule has 1 N–H and O–H groups in total. The Kier molecular flexibility index (Phi) is 5.68. The number of hydrogen-bond donors (Lipinski definition) is 1. The zero-order valence-corrected chi connectivity index (χ0v) is 13.4. The van der Waals surface area contributed by atoms with Gasteiger partial charge in [-0.2, -0.15) is 0 Å². The van der Waals surface area contributed by atoms with Crippen molar-refractivity contribution in [3.63, 3.8) is 0 Å². The number of benzene rings is 2. The fourth-order valence-corrected chi connectivity index (χ4v) is 1.95. The predicted molar refractivity (Wildman–Crippen MR) is 88.4 cm³/mol. The normalized spacial score (nSPS) is 9.92. The highest BCUT2D eigenvalue weighted by atomic mass is 16.5. The van der Waals surface area contributed by atoms with Crippen LogP contribution in [0.25, 0.3) is 0 Å². The Labute approximate surface area is 139 Å². The lowest BCUT2D eigenvalue weighted by atomic mass is 10.1. The van der Waals surface area contributed by atoms with Gasteiger partial charge in [0.1, 0.15) is 5.75 Å². The maximum Gasteiger partial charge on any atom is 0.338 e. The van der Waals surface area contributed by atoms with Crippen LogP contribution in [-0.2, 0) is 9.53 Å². The van der Waals surface area contributed by atoms with E-state index in [1.54, 1.807) is 48.5 Å². The quantitative estimate of drug-likeness (QED) is 0.651. The Morgan fingerprint density at radius 3 is 2.33 bits per heavy atom. The van der Waals surface area contributed by atoms with E-state index in [-0.39, 0.29) is 5.78 Å². The molecule has 124 valence electrons. The summed E-state index contributed by atoms with van der Waals surface area (Å²) in [5.41, 5.74) is 1.28. The molecular weight excluding hydrogens is 310 g/mol. The predicted octanol–water partition coefficient (Wildman–Crippen LogP) is 2.69. The van der Waals surface area contributed by atoms with Crippen molar-refractivity contribution in [2.24, 2.45) is 0 Å². The van der Waals surface area contributed by atoms with Crippen LogP contribution in [0.5, 0.6) is 5.75 Å². The average Bonchev–Trinajstić information content (AvgIpc) is 2.60. The van der Waals surface area contributed by atoms with Gasteiger partial charge in [-0.15, -0.1) is 0 Å². The number of amides is 1. The number of carbonyl (C=O) groups excluding carboxylic acids is 3. The van der Waals surface area contributed by atoms with Crippen LogP contribution in [0.2, 0.25) is 0 Å². The second-order valence-corrected chi connectivity index (χ2v) is 4.99. The van der Waals surface area contributed by atoms with Crippen LogP contribution in [-0.4, -0.2) is 31.4 Å². The van der Waals surface area contributed by atoms with E-state index in [9.17, 15) is 14.4 Å². The topological polar surface area (TPSA) is 81.7 Å². The van der Waals surface area contributed by atoms with Gasteiger partial charge in [0.15, 0.2) is 12.4 Å². The molecular formula is C18H17NO5. The molecule has 0 unspecified atom stereocenters. The third kappa shape index (κ3) is 4.67. The molecule has 2 aromatic carbocycles. The first kappa shape index (κ1) is 17.2. The molecule has 0 aliphatic carbocycles. The van der Waals surface area contributed by atoms with Crippen LogP contribution in [0.3, 0.4) is 0 Å². The number of methoxy groups -OCH3 is 1. The number of rotatable bonds is 6. The summed E-state index contributed by atoms with van der Waals surface area (Å²) < 4.78 is 9.95. The van der Waals surface area contributed by atoms with Gasteiger partial charge in [-0.25, -0.2) is 4.79 Å². The molecule has 0 radical (unpaired) electrons. The summed E-state index contributed by atoms with van der Waals surface area (Å²) in [6.45, 7) is 1.02. The molecule has 0 heterocycles. The summed E-state index contributed by atoms with van der Waals surface area (Å²) in [6.07, 6.45) is 0. The van der Waals surface area contributed by atoms with Crippen molar-refractivity contribution < 1.29 is 23.9 Å². The number of ether oxygens (including phenoxy) is 2. The number of carbonyl (C=O) groups is 3. The maximum atomic E-state index is 11.9. The first-order chi connectivity index (χ1) is 11.5. The van der Waals surface area contributed by atoms with Crippen LogP contribution in [0.1, 0.15) is 27.6 Å². The molecule has 24 heavy (non-hydrogen) atoms. The molecule has 6 nitrogen and oxygen atoms in total. The lowest BCUT2D eigenvalue weighted by Gasteiger charge is -2.08. The van der Waals surface area contributed by atoms with Crippen molar-refractivity contribution in [2.45, 2.75) is 6.92 Å². The van der Waals surface area contributed by atoms with E-state index in [0.717, 1.165) is 0 Å². The van der Waals surface area contributed by atoms with Gasteiger partial charge in [-0.1, -0.05) is 12.1 Å². The monoisotopic (exact) mass is 327 g/mol. The van der Waals surface area contributed by atoms with Crippen molar-refractivity contribution in [3.8, 4) is 5.75 Å². The van der Waals surface area contributed by atoms with Crippen molar-refractivity contribution in [2.75, 3.05) is 19.0 Å². The molecule has 6 heteroatoms. The van der Waals surface area contributed by atoms with Crippen molar-refractivity contribution in [3.05, 3.63) is 59.7 Å². The molecule has 0 saturated carbocycles. The summed E-state index contributed by atoms with van der Waals surface area (Å²) in [4.78, 5) is 35.0. The van der Waals surface area contributed by atoms with E-state index < -0.39 is 18.5 Å². The summed E-state index contributed by atoms with van der Waals surface area (Å²) in [5, 5.41) is 2.57. The lowest BCUT2D eigenvalue weighted by Crippen LogP contribution is -2.21. The van der Waals surface area contributed by atoms with Gasteiger partial charge in [0.2, 0.25) is 0 Å². The fraction of sp³-hybridized carbons (Fsp3) is 0.167. The number of esters is 1. The smallest absolute Gasteiger partial charge is 0.338 e. The van der Waals surface area contributed by atoms with Crippen LogP contribution in [0.4, 0.5) is 5.69 Å². The summed E-state index contributed by atoms with van der Waals surface area (Å²) in [6, 6.07) is 12.9. The highest BCUT2D eigenvalue weighted by Gasteiger charge is 2.11. The molecule has 2 rings (SSSR count). The van der Waals surface area contributed by atoms with E-state index in [0.29, 0.717) is 22.6 Å². The van der Waals surface area contributed by atoms with Gasteiger partial charge in [0, 0.05) is 11.3 Å². The van der Waals surface area contributed by atoms with E-state index in [2.05, 4.69) is 5.32 Å². The Morgan fingerprint density at radius 1 is 1.00 bits per heavy atom. The molecule has 1 amide bonds. The van der Waals surface area contributed by atoms with Gasteiger partial charge in [0.25, 0.3) is 5.91 Å². The molecule has 0 aliphatic heterocycles. The summed E-state index contributed by atoms with van der Waals surface area (Å²) in [5.74, 6) is -0.575. The maximum absolute atomic E-state index is 11.9. The van der Waals surface area contributed by atoms with E-state index >= 15 is 0 Å². The Hall–Kier alpha value is -3.15. The lowest BCUT2D eigenvalue weighted by molar-refractivity contribution is -0.119. The largest absolute Gasteiger partial charge is 0.497 e. The number of nitrogens with one attached hydrogen (secondary N) is 1. The van der Waals surface area contributed by atoms with E-state index in [1.807, 2.05) is 0 Å². The van der Waals surface area contributed by atoms with Crippen LogP contribution in [0.15, 0.2) is 48.5 Å². The minimum absolute atomic E-state index is 0.1000. The fourth-order valence-electron chi connectivity index (χ4n) is 1.95. The van der Waals surface area contributed by atoms with Crippen LogP contribution < -0.4 is 10.1 Å². The molecule has 0 aromatic heterocycles. The zero-order chi connectivity index (χ0) is 17.5. The van der Waals surface area contributed by atoms with Crippen molar-refractivity contribution in [1.82, 2.24) is 0 Å². The van der Waals surface area contributed by atoms with Gasteiger partial charge in [-0.05, 0) is 43.3 Å². The molecule has 0 bridgehead atoms. The Bertz CT molecular complexity index is 752. The highest BCUT2D eigenvalue weighted by Crippen LogP contribution is 2.13. The molecule has 0 saturated heterocycles. The van der Waals surface area contributed by atoms with Gasteiger partial charge >= 0.3 is 5.97 Å². The standard InChI is InChI=1S/C18H17NO5/c1-12(20)14-4-3-5-15(10-14)19-17(21)11-24-18(22)13-6-8-16(23-2)9-7-13/h3-10H,11H2,1-2H3,(H,19,21). The second kappa shape index (κ2) is 7.92. The average molecular weight is 327 g/mol. The van der Waals surface area contributed by atoms with E-state index in [4.69, 9.17) is 9.47 Å². The number of hydrogen-bond acceptors (Lipinski definition) is 5. The van der Waals surface area contributed by atoms with Crippen LogP contribution >= 0.6 is 0 Å². The first-order valence-corrected chi connectivity index (χ1v) is 7.21. The third-order valence-electron chi connectivity index (χ3n) is 3.21. The zero-order valence-electron chi connectivity index (χ0n) is 13.4. The summed E-state index contributed by atoms with van der Waals surface area (Å²) >= 11 is 0. The number of Topliss-reactive ketones (excluding diaryl/α,β-unsaturated/α-hetero) is 1. The molecule has 0 fully saturated rings. The first-order valence-electron chi connectivity index (χ1n) is 7.21.